The maximum absolute atomic E-state index is 5.74. The molecule has 2 rings (SSSR count). The van der Waals surface area contributed by atoms with Crippen LogP contribution in [0.25, 0.3) is 0 Å². The number of aryl methyl sites for hydroxylation is 1. The van der Waals surface area contributed by atoms with Crippen molar-refractivity contribution in [1.29, 1.82) is 0 Å². The highest BCUT2D eigenvalue weighted by Crippen LogP contribution is 2.40. The van der Waals surface area contributed by atoms with Gasteiger partial charge in [0, 0.05) is 9.75 Å². The summed E-state index contributed by atoms with van der Waals surface area (Å²) in [6.07, 6.45) is 2.53. The average Bonchev–Trinajstić information content (AvgIpc) is 2.60. The van der Waals surface area contributed by atoms with Crippen LogP contribution in [0, 0.1) is 0 Å². The monoisotopic (exact) mass is 195 g/mol. The van der Waals surface area contributed by atoms with Crippen LogP contribution in [-0.4, -0.2) is 6.54 Å². The lowest BCUT2D eigenvalue weighted by molar-refractivity contribution is 0.687. The summed E-state index contributed by atoms with van der Waals surface area (Å²) in [5.41, 5.74) is 7.29. The molecule has 0 bridgehead atoms. The molecular weight excluding hydrogens is 178 g/mol. The van der Waals surface area contributed by atoms with Crippen LogP contribution in [0.4, 0.5) is 0 Å². The van der Waals surface area contributed by atoms with Gasteiger partial charge in [-0.05, 0) is 42.9 Å². The van der Waals surface area contributed by atoms with Crippen molar-refractivity contribution in [3.05, 3.63) is 21.4 Å². The van der Waals surface area contributed by atoms with E-state index >= 15 is 0 Å². The Kier molecular flexibility index (Phi) is 2.43. The van der Waals surface area contributed by atoms with Gasteiger partial charge in [-0.25, -0.2) is 0 Å². The van der Waals surface area contributed by atoms with Gasteiger partial charge in [0.15, 0.2) is 0 Å². The molecule has 2 heteroatoms. The minimum atomic E-state index is 0.652. The molecule has 1 aromatic heterocycles. The van der Waals surface area contributed by atoms with E-state index in [1.807, 2.05) is 11.3 Å². The van der Waals surface area contributed by atoms with Crippen LogP contribution in [0.5, 0.6) is 0 Å². The highest BCUT2D eigenvalue weighted by atomic mass is 32.1. The van der Waals surface area contributed by atoms with Crippen LogP contribution in [0.2, 0.25) is 0 Å². The third-order valence-corrected chi connectivity index (χ3v) is 4.39. The molecule has 1 nitrogen and oxygen atoms in total. The number of hydrogen-bond donors (Lipinski definition) is 1. The molecule has 1 atom stereocenters. The van der Waals surface area contributed by atoms with Gasteiger partial charge in [0.05, 0.1) is 0 Å². The Morgan fingerprint density at radius 1 is 1.62 bits per heavy atom. The van der Waals surface area contributed by atoms with Gasteiger partial charge < -0.3 is 5.73 Å². The summed E-state index contributed by atoms with van der Waals surface area (Å²) in [6, 6.07) is 2.38. The largest absolute Gasteiger partial charge is 0.330 e. The van der Waals surface area contributed by atoms with Crippen molar-refractivity contribution in [3.63, 3.8) is 0 Å². The Bertz CT molecular complexity index is 301. The van der Waals surface area contributed by atoms with Gasteiger partial charge >= 0.3 is 0 Å². The molecule has 2 N–H and O–H groups in total. The van der Waals surface area contributed by atoms with Crippen LogP contribution < -0.4 is 5.73 Å². The number of rotatable bonds is 2. The van der Waals surface area contributed by atoms with Gasteiger partial charge in [0.2, 0.25) is 0 Å². The van der Waals surface area contributed by atoms with E-state index in [-0.39, 0.29) is 0 Å². The first kappa shape index (κ1) is 9.22. The molecule has 0 aromatic carbocycles. The molecule has 0 aliphatic heterocycles. The lowest BCUT2D eigenvalue weighted by atomic mass is 10.0. The summed E-state index contributed by atoms with van der Waals surface area (Å²) in [7, 11) is 0. The zero-order chi connectivity index (χ0) is 9.42. The van der Waals surface area contributed by atoms with Gasteiger partial charge in [-0.2, -0.15) is 0 Å². The van der Waals surface area contributed by atoms with E-state index in [0.717, 1.165) is 6.54 Å². The number of hydrogen-bond acceptors (Lipinski definition) is 2. The molecule has 1 heterocycles. The Morgan fingerprint density at radius 3 is 3.00 bits per heavy atom. The van der Waals surface area contributed by atoms with E-state index in [1.165, 1.54) is 17.7 Å². The van der Waals surface area contributed by atoms with E-state index < -0.39 is 0 Å². The Hall–Kier alpha value is -0.340. The summed E-state index contributed by atoms with van der Waals surface area (Å²) < 4.78 is 0. The second-order valence-corrected chi connectivity index (χ2v) is 5.32. The lowest BCUT2D eigenvalue weighted by Crippen LogP contribution is -2.08. The van der Waals surface area contributed by atoms with Crippen molar-refractivity contribution in [3.8, 4) is 0 Å². The fourth-order valence-corrected chi connectivity index (χ4v) is 3.26. The Morgan fingerprint density at radius 2 is 2.38 bits per heavy atom. The predicted molar refractivity (Wildman–Crippen MR) is 58.5 cm³/mol. The highest BCUT2D eigenvalue weighted by Gasteiger charge is 2.24. The molecule has 1 aliphatic rings. The van der Waals surface area contributed by atoms with E-state index in [4.69, 9.17) is 5.73 Å². The molecular formula is C11H17NS. The fourth-order valence-electron chi connectivity index (χ4n) is 2.00. The van der Waals surface area contributed by atoms with Gasteiger partial charge in [-0.3, -0.25) is 0 Å². The number of nitrogens with two attached hydrogens (primary N) is 1. The van der Waals surface area contributed by atoms with Crippen molar-refractivity contribution in [2.24, 2.45) is 5.73 Å². The third-order valence-electron chi connectivity index (χ3n) is 2.87. The van der Waals surface area contributed by atoms with Crippen LogP contribution in [0.3, 0.4) is 0 Å². The summed E-state index contributed by atoms with van der Waals surface area (Å²) >= 11 is 1.99. The van der Waals surface area contributed by atoms with Gasteiger partial charge in [0.1, 0.15) is 0 Å². The molecule has 0 spiro atoms. The van der Waals surface area contributed by atoms with Crippen molar-refractivity contribution in [1.82, 2.24) is 0 Å². The van der Waals surface area contributed by atoms with Crippen LogP contribution in [-0.2, 0) is 6.42 Å². The Labute approximate surface area is 84.0 Å². The van der Waals surface area contributed by atoms with E-state index in [1.54, 1.807) is 10.4 Å². The minimum absolute atomic E-state index is 0.652. The molecule has 0 fully saturated rings. The number of fused-ring (bicyclic) bond motifs is 1. The van der Waals surface area contributed by atoms with Crippen molar-refractivity contribution < 1.29 is 0 Å². The van der Waals surface area contributed by atoms with Crippen molar-refractivity contribution in [2.75, 3.05) is 6.54 Å². The first-order chi connectivity index (χ1) is 6.22. The van der Waals surface area contributed by atoms with Crippen molar-refractivity contribution >= 4 is 11.3 Å². The summed E-state index contributed by atoms with van der Waals surface area (Å²) in [4.78, 5) is 3.13. The summed E-state index contributed by atoms with van der Waals surface area (Å²) in [6.45, 7) is 5.35. The molecule has 1 unspecified atom stereocenters. The SMILES string of the molecule is CC(C)c1cc2c(s1)CCC2CN. The molecule has 0 saturated heterocycles. The van der Waals surface area contributed by atoms with Crippen molar-refractivity contribution in [2.45, 2.75) is 38.5 Å². The zero-order valence-electron chi connectivity index (χ0n) is 8.34. The Balaban J connectivity index is 2.31. The predicted octanol–water partition coefficient (Wildman–Crippen LogP) is 2.86. The maximum atomic E-state index is 5.74. The van der Waals surface area contributed by atoms with Crippen LogP contribution >= 0.6 is 11.3 Å². The molecule has 0 radical (unpaired) electrons. The smallest absolute Gasteiger partial charge is 0.00838 e. The first-order valence-electron chi connectivity index (χ1n) is 5.05. The van der Waals surface area contributed by atoms with Crippen LogP contribution in [0.1, 0.15) is 47.4 Å². The summed E-state index contributed by atoms with van der Waals surface area (Å²) in [5, 5.41) is 0. The lowest BCUT2D eigenvalue weighted by Gasteiger charge is -2.05. The maximum Gasteiger partial charge on any atom is 0.00838 e. The molecule has 0 saturated carbocycles. The summed E-state index contributed by atoms with van der Waals surface area (Å²) in [5.74, 6) is 1.33. The normalized spacial score (nSPS) is 21.1. The van der Waals surface area contributed by atoms with Crippen LogP contribution in [0.15, 0.2) is 6.07 Å². The quantitative estimate of drug-likeness (QED) is 0.771. The molecule has 0 amide bonds. The molecule has 1 aliphatic carbocycles. The topological polar surface area (TPSA) is 26.0 Å². The third kappa shape index (κ3) is 1.53. The minimum Gasteiger partial charge on any atom is -0.330 e. The zero-order valence-corrected chi connectivity index (χ0v) is 9.16. The molecule has 13 heavy (non-hydrogen) atoms. The number of thiophene rings is 1. The second-order valence-electron chi connectivity index (χ2n) is 4.15. The van der Waals surface area contributed by atoms with Gasteiger partial charge in [-0.1, -0.05) is 13.8 Å². The second kappa shape index (κ2) is 3.43. The average molecular weight is 195 g/mol. The van der Waals surface area contributed by atoms with E-state index in [9.17, 15) is 0 Å². The fraction of sp³-hybridized carbons (Fsp3) is 0.636. The van der Waals surface area contributed by atoms with E-state index in [0.29, 0.717) is 11.8 Å². The molecule has 1 aromatic rings. The molecule has 72 valence electrons. The van der Waals surface area contributed by atoms with Gasteiger partial charge in [-0.15, -0.1) is 11.3 Å². The first-order valence-corrected chi connectivity index (χ1v) is 5.86. The van der Waals surface area contributed by atoms with Gasteiger partial charge in [0.25, 0.3) is 0 Å². The van der Waals surface area contributed by atoms with E-state index in [2.05, 4.69) is 19.9 Å². The highest BCUT2D eigenvalue weighted by molar-refractivity contribution is 7.12. The standard InChI is InChI=1S/C11H17NS/c1-7(2)11-5-9-8(6-12)3-4-10(9)13-11/h5,7-8H,3-4,6,12H2,1-2H3.